The van der Waals surface area contributed by atoms with Gasteiger partial charge in [-0.1, -0.05) is 74.9 Å². The molecule has 0 spiro atoms. The number of fused-ring (bicyclic) bond motifs is 8. The fourth-order valence-corrected chi connectivity index (χ4v) is 10.2. The van der Waals surface area contributed by atoms with Crippen LogP contribution < -0.4 is 0 Å². The highest BCUT2D eigenvalue weighted by atomic mass is 32.2. The molecule has 7 rings (SSSR count). The van der Waals surface area contributed by atoms with Crippen LogP contribution in [0.1, 0.15) is 59.3 Å². The number of rotatable bonds is 6. The van der Waals surface area contributed by atoms with Gasteiger partial charge in [0.1, 0.15) is 0 Å². The van der Waals surface area contributed by atoms with Crippen LogP contribution in [0.25, 0.3) is 10.9 Å². The highest BCUT2D eigenvalue weighted by Crippen LogP contribution is 2.69. The van der Waals surface area contributed by atoms with E-state index in [1.54, 1.807) is 12.2 Å². The second-order valence-electron chi connectivity index (χ2n) is 13.2. The topological polar surface area (TPSA) is 85.7 Å². The first kappa shape index (κ1) is 27.5. The van der Waals surface area contributed by atoms with Crippen LogP contribution in [0.5, 0.6) is 0 Å². The van der Waals surface area contributed by atoms with E-state index in [-0.39, 0.29) is 46.6 Å². The van der Waals surface area contributed by atoms with Crippen molar-refractivity contribution in [1.82, 2.24) is 4.98 Å². The van der Waals surface area contributed by atoms with E-state index in [0.717, 1.165) is 53.6 Å². The molecule has 0 bridgehead atoms. The largest absolute Gasteiger partial charge is 0.393 e. The Bertz CT molecular complexity index is 1470. The third-order valence-corrected chi connectivity index (χ3v) is 12.1. The number of thioether (sulfide) groups is 1. The van der Waals surface area contributed by atoms with E-state index in [9.17, 15) is 14.7 Å². The maximum Gasteiger partial charge on any atom is 0.178 e. The average Bonchev–Trinajstić information content (AvgIpc) is 3.44. The summed E-state index contributed by atoms with van der Waals surface area (Å²) in [5.41, 5.74) is 0.0457. The van der Waals surface area contributed by atoms with Crippen molar-refractivity contribution >= 4 is 34.2 Å². The number of allylic oxidation sites excluding steroid dienone is 4. The molecule has 9 atom stereocenters. The molecule has 6 nitrogen and oxygen atoms in total. The quantitative estimate of drug-likeness (QED) is 0.420. The number of benzene rings is 1. The van der Waals surface area contributed by atoms with Crippen molar-refractivity contribution in [3.63, 3.8) is 0 Å². The summed E-state index contributed by atoms with van der Waals surface area (Å²) in [4.78, 5) is 31.5. The van der Waals surface area contributed by atoms with Gasteiger partial charge in [-0.2, -0.15) is 0 Å². The molecule has 4 fully saturated rings. The summed E-state index contributed by atoms with van der Waals surface area (Å²) >= 11 is 1.46. The number of nitrogens with zero attached hydrogens (tertiary/aromatic N) is 1. The molecule has 1 aromatic carbocycles. The van der Waals surface area contributed by atoms with Gasteiger partial charge in [-0.3, -0.25) is 9.59 Å². The zero-order chi connectivity index (χ0) is 28.6. The predicted octanol–water partition coefficient (Wildman–Crippen LogP) is 6.07. The van der Waals surface area contributed by atoms with Crippen LogP contribution in [0, 0.1) is 28.6 Å². The lowest BCUT2D eigenvalue weighted by Crippen LogP contribution is -2.63. The van der Waals surface area contributed by atoms with E-state index in [0.29, 0.717) is 6.42 Å². The van der Waals surface area contributed by atoms with Crippen molar-refractivity contribution in [2.45, 2.75) is 88.4 Å². The van der Waals surface area contributed by atoms with Crippen molar-refractivity contribution in [3.8, 4) is 0 Å². The molecule has 3 saturated carbocycles. The second kappa shape index (κ2) is 9.87. The third-order valence-electron chi connectivity index (χ3n) is 11.2. The second-order valence-corrected chi connectivity index (χ2v) is 14.2. The van der Waals surface area contributed by atoms with Gasteiger partial charge in [-0.05, 0) is 68.2 Å². The van der Waals surface area contributed by atoms with Crippen molar-refractivity contribution in [2.24, 2.45) is 28.6 Å². The van der Waals surface area contributed by atoms with Gasteiger partial charge >= 0.3 is 0 Å². The predicted molar refractivity (Wildman–Crippen MR) is 158 cm³/mol. The highest BCUT2D eigenvalue weighted by molar-refractivity contribution is 7.99. The van der Waals surface area contributed by atoms with Gasteiger partial charge < -0.3 is 14.6 Å². The smallest absolute Gasteiger partial charge is 0.178 e. The van der Waals surface area contributed by atoms with Gasteiger partial charge in [0.15, 0.2) is 23.5 Å². The summed E-state index contributed by atoms with van der Waals surface area (Å²) in [5, 5.41) is 13.8. The van der Waals surface area contributed by atoms with Gasteiger partial charge in [-0.15, -0.1) is 0 Å². The van der Waals surface area contributed by atoms with Crippen LogP contribution >= 0.6 is 11.8 Å². The lowest BCUT2D eigenvalue weighted by atomic mass is 9.46. The normalized spacial score (nSPS) is 41.0. The number of Topliss-reactive ketones (excluding diaryl/α,β-unsaturated/α-hetero) is 1. The molecule has 6 unspecified atom stereocenters. The molecule has 1 N–H and O–H groups in total. The van der Waals surface area contributed by atoms with E-state index in [1.165, 1.54) is 11.8 Å². The van der Waals surface area contributed by atoms with Crippen LogP contribution in [0.4, 0.5) is 0 Å². The number of aliphatic hydroxyl groups excluding tert-OH is 1. The number of carbonyl (C=O) groups is 2. The zero-order valence-corrected chi connectivity index (χ0v) is 24.9. The molecule has 2 aromatic rings. The number of carbonyl (C=O) groups excluding carboxylic acids is 2. The standard InChI is InChI=1S/C34H39NO5S/c1-4-7-30-39-28-17-24-23-12-11-21-16-22(36)14-15-32(21,2)31(23)26(37)18-33(24,3)34(28,40-30)27(38)19-41-29-13-10-20-8-5-6-9-25(20)35-29/h5-6,8-10,13-16,23-24,26,28,30-31,37H,4,7,11-12,17-19H2,1-3H3/t23?,24?,26?,28-,30-,31?,32?,33?,34-/m1/s1. The van der Waals surface area contributed by atoms with Crippen LogP contribution in [-0.4, -0.2) is 51.5 Å². The van der Waals surface area contributed by atoms with Crippen LogP contribution in [-0.2, 0) is 19.1 Å². The maximum atomic E-state index is 14.5. The Hall–Kier alpha value is -2.32. The fraction of sp³-hybridized carbons (Fsp3) is 0.559. The summed E-state index contributed by atoms with van der Waals surface area (Å²) in [7, 11) is 0. The first-order valence-electron chi connectivity index (χ1n) is 15.2. The Balaban J connectivity index is 1.21. The number of pyridine rings is 1. The molecule has 0 radical (unpaired) electrons. The highest BCUT2D eigenvalue weighted by Gasteiger charge is 2.75. The summed E-state index contributed by atoms with van der Waals surface area (Å²) in [6.45, 7) is 6.46. The molecular formula is C34H39NO5S. The molecular weight excluding hydrogens is 534 g/mol. The van der Waals surface area contributed by atoms with E-state index < -0.39 is 23.4 Å². The van der Waals surface area contributed by atoms with E-state index in [4.69, 9.17) is 14.5 Å². The van der Waals surface area contributed by atoms with Gasteiger partial charge in [0.05, 0.1) is 28.5 Å². The molecule has 1 saturated heterocycles. The number of aliphatic hydroxyl groups is 1. The van der Waals surface area contributed by atoms with Crippen molar-refractivity contribution < 1.29 is 24.2 Å². The van der Waals surface area contributed by atoms with Crippen LogP contribution in [0.2, 0.25) is 0 Å². The number of ketones is 2. The minimum Gasteiger partial charge on any atom is -0.393 e. The Morgan fingerprint density at radius 3 is 2.85 bits per heavy atom. The minimum absolute atomic E-state index is 0.00137. The molecule has 1 aliphatic heterocycles. The molecule has 4 aliphatic carbocycles. The van der Waals surface area contributed by atoms with E-state index >= 15 is 0 Å². The average molecular weight is 574 g/mol. The van der Waals surface area contributed by atoms with Gasteiger partial charge in [0, 0.05) is 22.1 Å². The maximum absolute atomic E-state index is 14.5. The molecule has 0 amide bonds. The monoisotopic (exact) mass is 573 g/mol. The van der Waals surface area contributed by atoms with E-state index in [2.05, 4.69) is 20.8 Å². The summed E-state index contributed by atoms with van der Waals surface area (Å²) in [6.07, 6.45) is 8.75. The Morgan fingerprint density at radius 1 is 1.20 bits per heavy atom. The molecule has 2 heterocycles. The van der Waals surface area contributed by atoms with Gasteiger partial charge in [0.2, 0.25) is 0 Å². The number of hydrogen-bond donors (Lipinski definition) is 1. The third kappa shape index (κ3) is 3.99. The molecule has 41 heavy (non-hydrogen) atoms. The zero-order valence-electron chi connectivity index (χ0n) is 24.0. The van der Waals surface area contributed by atoms with Crippen LogP contribution in [0.15, 0.2) is 65.2 Å². The number of hydrogen-bond acceptors (Lipinski definition) is 7. The lowest BCUT2D eigenvalue weighted by Gasteiger charge is -2.59. The Kier molecular flexibility index (Phi) is 6.62. The SMILES string of the molecule is CCC[C@@H]1O[C@@H]2CC3C4CCC5=CC(=O)C=CC5(C)C4C(O)CC3(C)[C@]2(C(=O)CSc2ccc3ccccc3n2)O1. The van der Waals surface area contributed by atoms with Crippen molar-refractivity contribution in [1.29, 1.82) is 0 Å². The first-order chi connectivity index (χ1) is 19.7. The first-order valence-corrected chi connectivity index (χ1v) is 16.2. The summed E-state index contributed by atoms with van der Waals surface area (Å²) in [6, 6.07) is 12.0. The van der Waals surface area contributed by atoms with Gasteiger partial charge in [0.25, 0.3) is 0 Å². The Morgan fingerprint density at radius 2 is 2.02 bits per heavy atom. The molecule has 1 aromatic heterocycles. The lowest BCUT2D eigenvalue weighted by molar-refractivity contribution is -0.197. The summed E-state index contributed by atoms with van der Waals surface area (Å²) in [5.74, 6) is 0.715. The van der Waals surface area contributed by atoms with Crippen molar-refractivity contribution in [3.05, 3.63) is 60.2 Å². The minimum atomic E-state index is -1.09. The summed E-state index contributed by atoms with van der Waals surface area (Å²) < 4.78 is 13.4. The van der Waals surface area contributed by atoms with Crippen LogP contribution in [0.3, 0.4) is 0 Å². The van der Waals surface area contributed by atoms with E-state index in [1.807, 2.05) is 42.5 Å². The fourth-order valence-electron chi connectivity index (χ4n) is 9.38. The number of para-hydroxylation sites is 1. The molecule has 7 heteroatoms. The molecule has 216 valence electrons. The Labute approximate surface area is 246 Å². The number of aromatic nitrogens is 1. The number of ether oxygens (including phenoxy) is 2. The molecule has 5 aliphatic rings. The van der Waals surface area contributed by atoms with Crippen molar-refractivity contribution in [2.75, 3.05) is 5.75 Å². The van der Waals surface area contributed by atoms with Gasteiger partial charge in [-0.25, -0.2) is 4.98 Å².